The molecule has 1 saturated heterocycles. The third-order valence-corrected chi connectivity index (χ3v) is 5.81. The molecule has 33 heavy (non-hydrogen) atoms. The average molecular weight is 507 g/mol. The van der Waals surface area contributed by atoms with Gasteiger partial charge in [0.05, 0.1) is 18.6 Å². The van der Waals surface area contributed by atoms with Crippen LogP contribution in [0, 0.1) is 0 Å². The molecule has 2 amide bonds. The lowest BCUT2D eigenvalue weighted by molar-refractivity contribution is -0.142. The molecule has 0 unspecified atom stereocenters. The highest BCUT2D eigenvalue weighted by atomic mass is 35.5. The van der Waals surface area contributed by atoms with Gasteiger partial charge in [-0.3, -0.25) is 15.0 Å². The van der Waals surface area contributed by atoms with Gasteiger partial charge in [0.25, 0.3) is 11.8 Å². The number of esters is 1. The Labute approximate surface area is 204 Å². The van der Waals surface area contributed by atoms with E-state index in [0.29, 0.717) is 39.2 Å². The Balaban J connectivity index is 1.76. The molecule has 3 rings (SSSR count). The van der Waals surface area contributed by atoms with Crippen molar-refractivity contribution in [3.63, 3.8) is 0 Å². The summed E-state index contributed by atoms with van der Waals surface area (Å²) in [6.45, 7) is 1.92. The first-order valence-electron chi connectivity index (χ1n) is 9.63. The van der Waals surface area contributed by atoms with Crippen molar-refractivity contribution in [2.75, 3.05) is 20.3 Å². The summed E-state index contributed by atoms with van der Waals surface area (Å²) < 4.78 is 15.8. The number of ether oxygens (including phenoxy) is 3. The first-order valence-corrected chi connectivity index (χ1v) is 11.2. The summed E-state index contributed by atoms with van der Waals surface area (Å²) in [5.41, 5.74) is 3.50. The number of halogens is 1. The first kappa shape index (κ1) is 24.6. The van der Waals surface area contributed by atoms with Crippen LogP contribution in [-0.2, 0) is 14.3 Å². The quantitative estimate of drug-likeness (QED) is 0.328. The van der Waals surface area contributed by atoms with Crippen LogP contribution in [0.15, 0.2) is 47.4 Å². The Morgan fingerprint density at radius 3 is 2.55 bits per heavy atom. The van der Waals surface area contributed by atoms with Gasteiger partial charge in [0, 0.05) is 10.6 Å². The Hall–Kier alpha value is -3.08. The minimum absolute atomic E-state index is 0.191. The molecular weight excluding hydrogens is 488 g/mol. The molecular formula is C22H19ClN2O6S2. The number of benzene rings is 2. The number of methoxy groups -OCH3 is 1. The molecule has 11 heteroatoms. The number of thioether (sulfide) groups is 1. The van der Waals surface area contributed by atoms with Crippen molar-refractivity contribution >= 4 is 63.8 Å². The van der Waals surface area contributed by atoms with Crippen LogP contribution in [0.2, 0.25) is 5.02 Å². The predicted molar refractivity (Wildman–Crippen MR) is 129 cm³/mol. The Bertz CT molecular complexity index is 1120. The van der Waals surface area contributed by atoms with Gasteiger partial charge < -0.3 is 14.2 Å². The van der Waals surface area contributed by atoms with Crippen molar-refractivity contribution < 1.29 is 28.6 Å². The van der Waals surface area contributed by atoms with Crippen molar-refractivity contribution in [2.24, 2.45) is 0 Å². The number of nitrogens with one attached hydrogen (secondary N) is 1. The molecule has 0 spiro atoms. The van der Waals surface area contributed by atoms with Gasteiger partial charge >= 0.3 is 5.97 Å². The molecule has 0 saturated carbocycles. The highest BCUT2D eigenvalue weighted by Crippen LogP contribution is 2.34. The predicted octanol–water partition coefficient (Wildman–Crippen LogP) is 3.84. The highest BCUT2D eigenvalue weighted by Gasteiger charge is 2.33. The molecule has 0 bridgehead atoms. The minimum atomic E-state index is -0.522. The van der Waals surface area contributed by atoms with Crippen LogP contribution in [-0.4, -0.2) is 47.4 Å². The molecule has 1 aliphatic heterocycles. The number of nitrogens with zero attached hydrogens (tertiary/aromatic N) is 1. The number of carbonyl (C=O) groups excluding carboxylic acids is 3. The van der Waals surface area contributed by atoms with Crippen molar-refractivity contribution in [1.82, 2.24) is 10.4 Å². The monoisotopic (exact) mass is 506 g/mol. The van der Waals surface area contributed by atoms with Gasteiger partial charge in [-0.2, -0.15) is 5.01 Å². The molecule has 1 aliphatic rings. The molecule has 1 fully saturated rings. The maximum atomic E-state index is 12.8. The summed E-state index contributed by atoms with van der Waals surface area (Å²) in [5, 5.41) is 1.52. The minimum Gasteiger partial charge on any atom is -0.490 e. The van der Waals surface area contributed by atoms with Crippen molar-refractivity contribution in [3.05, 3.63) is 63.5 Å². The topological polar surface area (TPSA) is 94.2 Å². The fourth-order valence-electron chi connectivity index (χ4n) is 2.68. The Morgan fingerprint density at radius 1 is 1.15 bits per heavy atom. The Kier molecular flexibility index (Phi) is 8.32. The number of hydrazine groups is 1. The number of hydrogen-bond acceptors (Lipinski definition) is 8. The first-order chi connectivity index (χ1) is 15.8. The SMILES string of the molecule is CCOc1cc(/C=C2/SC(=S)N(NC(=O)c3ccc(Cl)cc3)C2=O)ccc1OCC(=O)OC. The van der Waals surface area contributed by atoms with E-state index in [1.807, 2.05) is 6.92 Å². The molecule has 0 aliphatic carbocycles. The number of thiocarbonyl (C=S) groups is 1. The average Bonchev–Trinajstić information content (AvgIpc) is 3.06. The van der Waals surface area contributed by atoms with Crippen LogP contribution in [0.1, 0.15) is 22.8 Å². The van der Waals surface area contributed by atoms with Gasteiger partial charge in [-0.15, -0.1) is 0 Å². The maximum absolute atomic E-state index is 12.8. The van der Waals surface area contributed by atoms with Crippen molar-refractivity contribution in [2.45, 2.75) is 6.92 Å². The van der Waals surface area contributed by atoms with E-state index in [0.717, 1.165) is 16.8 Å². The van der Waals surface area contributed by atoms with E-state index in [1.165, 1.54) is 7.11 Å². The van der Waals surface area contributed by atoms with Crippen LogP contribution in [0.5, 0.6) is 11.5 Å². The van der Waals surface area contributed by atoms with Gasteiger partial charge in [0.15, 0.2) is 22.4 Å². The zero-order chi connectivity index (χ0) is 24.0. The smallest absolute Gasteiger partial charge is 0.343 e. The number of carbonyl (C=O) groups is 3. The standard InChI is InChI=1S/C22H19ClN2O6S2/c1-3-30-17-10-13(4-9-16(17)31-12-19(26)29-2)11-18-21(28)25(22(32)33-18)24-20(27)14-5-7-15(23)8-6-14/h4-11H,3,12H2,1-2H3,(H,24,27)/b18-11+. The van der Waals surface area contributed by atoms with Gasteiger partial charge in [-0.1, -0.05) is 29.4 Å². The molecule has 8 nitrogen and oxygen atoms in total. The second-order valence-electron chi connectivity index (χ2n) is 6.47. The van der Waals surface area contributed by atoms with Crippen molar-refractivity contribution in [3.8, 4) is 11.5 Å². The zero-order valence-corrected chi connectivity index (χ0v) is 20.0. The highest BCUT2D eigenvalue weighted by molar-refractivity contribution is 8.26. The normalized spacial score (nSPS) is 14.4. The summed E-state index contributed by atoms with van der Waals surface area (Å²) in [6.07, 6.45) is 1.63. The molecule has 2 aromatic rings. The second-order valence-corrected chi connectivity index (χ2v) is 8.58. The van der Waals surface area contributed by atoms with Crippen LogP contribution in [0.25, 0.3) is 6.08 Å². The summed E-state index contributed by atoms with van der Waals surface area (Å²) in [5.74, 6) is -0.707. The van der Waals surface area contributed by atoms with E-state index in [1.54, 1.807) is 48.5 Å². The lowest BCUT2D eigenvalue weighted by atomic mass is 10.2. The van der Waals surface area contributed by atoms with Crippen LogP contribution < -0.4 is 14.9 Å². The zero-order valence-electron chi connectivity index (χ0n) is 17.6. The summed E-state index contributed by atoms with van der Waals surface area (Å²) in [7, 11) is 1.27. The summed E-state index contributed by atoms with van der Waals surface area (Å²) >= 11 is 12.2. The lowest BCUT2D eigenvalue weighted by Crippen LogP contribution is -2.44. The van der Waals surface area contributed by atoms with E-state index >= 15 is 0 Å². The van der Waals surface area contributed by atoms with E-state index < -0.39 is 17.8 Å². The molecule has 1 heterocycles. The Morgan fingerprint density at radius 2 is 1.88 bits per heavy atom. The van der Waals surface area contributed by atoms with E-state index in [9.17, 15) is 14.4 Å². The molecule has 0 atom stereocenters. The number of amides is 2. The molecule has 0 aromatic heterocycles. The largest absolute Gasteiger partial charge is 0.490 e. The van der Waals surface area contributed by atoms with E-state index in [2.05, 4.69) is 10.2 Å². The van der Waals surface area contributed by atoms with Gasteiger partial charge in [-0.25, -0.2) is 4.79 Å². The maximum Gasteiger partial charge on any atom is 0.343 e. The molecule has 0 radical (unpaired) electrons. The number of hydrogen-bond donors (Lipinski definition) is 1. The van der Waals surface area contributed by atoms with Gasteiger partial charge in [-0.05, 0) is 67.2 Å². The molecule has 172 valence electrons. The van der Waals surface area contributed by atoms with Crippen LogP contribution in [0.4, 0.5) is 0 Å². The second kappa shape index (κ2) is 11.2. The fourth-order valence-corrected chi connectivity index (χ4v) is 3.99. The number of rotatable bonds is 8. The fraction of sp³-hybridized carbons (Fsp3) is 0.182. The third kappa shape index (κ3) is 6.25. The van der Waals surface area contributed by atoms with E-state index in [-0.39, 0.29) is 10.9 Å². The van der Waals surface area contributed by atoms with Crippen molar-refractivity contribution in [1.29, 1.82) is 0 Å². The van der Waals surface area contributed by atoms with Gasteiger partial charge in [0.1, 0.15) is 0 Å². The summed E-state index contributed by atoms with van der Waals surface area (Å²) in [6, 6.07) is 11.3. The molecule has 2 aromatic carbocycles. The summed E-state index contributed by atoms with van der Waals surface area (Å²) in [4.78, 5) is 37.0. The lowest BCUT2D eigenvalue weighted by Gasteiger charge is -2.15. The molecule has 1 N–H and O–H groups in total. The van der Waals surface area contributed by atoms with Gasteiger partial charge in [0.2, 0.25) is 0 Å². The van der Waals surface area contributed by atoms with E-state index in [4.69, 9.17) is 33.3 Å². The third-order valence-electron chi connectivity index (χ3n) is 4.25. The van der Waals surface area contributed by atoms with Crippen LogP contribution >= 0.6 is 35.6 Å². The van der Waals surface area contributed by atoms with Crippen LogP contribution in [0.3, 0.4) is 0 Å².